The van der Waals surface area contributed by atoms with Gasteiger partial charge in [0.15, 0.2) is 0 Å². The number of rotatable bonds is 7. The number of aliphatic hydroxyl groups excluding tert-OH is 1. The average molecular weight is 417 g/mol. The normalized spacial score (nSPS) is 15.8. The van der Waals surface area contributed by atoms with E-state index >= 15 is 0 Å². The molecule has 0 aromatic heterocycles. The molecule has 4 rings (SSSR count). The summed E-state index contributed by atoms with van der Waals surface area (Å²) in [6.07, 6.45) is 1.04. The molecule has 1 aliphatic heterocycles. The molecule has 1 atom stereocenters. The van der Waals surface area contributed by atoms with Crippen LogP contribution in [0.2, 0.25) is 0 Å². The van der Waals surface area contributed by atoms with Crippen molar-refractivity contribution in [3.05, 3.63) is 78.4 Å². The van der Waals surface area contributed by atoms with Crippen molar-refractivity contribution in [3.8, 4) is 11.1 Å². The molecule has 0 radical (unpaired) electrons. The van der Waals surface area contributed by atoms with Crippen molar-refractivity contribution in [2.75, 3.05) is 42.2 Å². The first-order valence-electron chi connectivity index (χ1n) is 10.6. The zero-order valence-electron chi connectivity index (χ0n) is 17.4. The minimum absolute atomic E-state index is 0.152. The van der Waals surface area contributed by atoms with Gasteiger partial charge < -0.3 is 26.4 Å². The molecular weight excluding hydrogens is 388 g/mol. The van der Waals surface area contributed by atoms with E-state index in [0.717, 1.165) is 36.3 Å². The Bertz CT molecular complexity index is 1020. The van der Waals surface area contributed by atoms with E-state index < -0.39 is 0 Å². The fraction of sp³-hybridized carbons (Fsp3) is 0.240. The number of aliphatic hydroxyl groups is 1. The summed E-state index contributed by atoms with van der Waals surface area (Å²) in [5.41, 5.74) is 10.9. The smallest absolute Gasteiger partial charge is 0.255 e. The number of nitrogens with one attached hydrogen (secondary N) is 2. The van der Waals surface area contributed by atoms with Crippen LogP contribution in [0.1, 0.15) is 16.8 Å². The van der Waals surface area contributed by atoms with E-state index in [1.54, 1.807) is 6.07 Å². The molecule has 1 heterocycles. The van der Waals surface area contributed by atoms with Crippen molar-refractivity contribution in [3.63, 3.8) is 0 Å². The molecule has 1 unspecified atom stereocenters. The molecule has 160 valence electrons. The van der Waals surface area contributed by atoms with Crippen LogP contribution in [0.4, 0.5) is 17.1 Å². The van der Waals surface area contributed by atoms with Gasteiger partial charge in [-0.25, -0.2) is 0 Å². The molecule has 1 saturated heterocycles. The number of hydrogen-bond acceptors (Lipinski definition) is 5. The third kappa shape index (κ3) is 5.05. The second-order valence-corrected chi connectivity index (χ2v) is 7.78. The quantitative estimate of drug-likeness (QED) is 0.444. The number of anilines is 3. The predicted octanol–water partition coefficient (Wildman–Crippen LogP) is 3.35. The topological polar surface area (TPSA) is 90.6 Å². The molecule has 0 bridgehead atoms. The second-order valence-electron chi connectivity index (χ2n) is 7.78. The maximum Gasteiger partial charge on any atom is 0.255 e. The summed E-state index contributed by atoms with van der Waals surface area (Å²) in [5.74, 6) is -0.168. The molecule has 31 heavy (non-hydrogen) atoms. The Labute approximate surface area is 182 Å². The summed E-state index contributed by atoms with van der Waals surface area (Å²) >= 11 is 0. The van der Waals surface area contributed by atoms with Gasteiger partial charge in [-0.2, -0.15) is 0 Å². The van der Waals surface area contributed by atoms with Gasteiger partial charge in [0.1, 0.15) is 0 Å². The first-order valence-corrected chi connectivity index (χ1v) is 10.6. The monoisotopic (exact) mass is 416 g/mol. The van der Waals surface area contributed by atoms with Gasteiger partial charge >= 0.3 is 0 Å². The van der Waals surface area contributed by atoms with E-state index in [1.807, 2.05) is 66.7 Å². The zero-order valence-corrected chi connectivity index (χ0v) is 17.4. The van der Waals surface area contributed by atoms with E-state index in [2.05, 4.69) is 15.5 Å². The third-order valence-electron chi connectivity index (χ3n) is 5.60. The number of carbonyl (C=O) groups is 1. The minimum Gasteiger partial charge on any atom is -0.399 e. The molecule has 5 N–H and O–H groups in total. The Morgan fingerprint density at radius 2 is 1.84 bits per heavy atom. The number of nitrogen functional groups attached to an aromatic ring is 1. The molecule has 6 nitrogen and oxygen atoms in total. The zero-order chi connectivity index (χ0) is 21.6. The van der Waals surface area contributed by atoms with Gasteiger partial charge in [-0.05, 0) is 48.4 Å². The highest BCUT2D eigenvalue weighted by molar-refractivity contribution is 6.06. The highest BCUT2D eigenvalue weighted by atomic mass is 16.3. The summed E-state index contributed by atoms with van der Waals surface area (Å²) in [5, 5.41) is 15.3. The van der Waals surface area contributed by atoms with Crippen molar-refractivity contribution >= 4 is 23.0 Å². The SMILES string of the molecule is Nc1ccc(-c2ccccc2)c(NC(=O)c2ccc(N3CCC(NCCO)C3)cc2)c1. The number of benzene rings is 3. The van der Waals surface area contributed by atoms with Crippen LogP contribution in [0.3, 0.4) is 0 Å². The van der Waals surface area contributed by atoms with Gasteiger partial charge in [-0.3, -0.25) is 4.79 Å². The third-order valence-corrected chi connectivity index (χ3v) is 5.60. The Morgan fingerprint density at radius 3 is 2.58 bits per heavy atom. The van der Waals surface area contributed by atoms with Crippen molar-refractivity contribution in [2.24, 2.45) is 0 Å². The fourth-order valence-electron chi connectivity index (χ4n) is 3.98. The molecule has 0 aliphatic carbocycles. The molecule has 6 heteroatoms. The van der Waals surface area contributed by atoms with Gasteiger partial charge in [0, 0.05) is 48.2 Å². The van der Waals surface area contributed by atoms with Crippen LogP contribution in [0.25, 0.3) is 11.1 Å². The predicted molar refractivity (Wildman–Crippen MR) is 126 cm³/mol. The second kappa shape index (κ2) is 9.64. The molecule has 0 spiro atoms. The van der Waals surface area contributed by atoms with E-state index in [-0.39, 0.29) is 12.5 Å². The van der Waals surface area contributed by atoms with Crippen LogP contribution >= 0.6 is 0 Å². The van der Waals surface area contributed by atoms with E-state index in [1.165, 1.54) is 0 Å². The Hall–Kier alpha value is -3.35. The first-order chi connectivity index (χ1) is 15.1. The van der Waals surface area contributed by atoms with Crippen LogP contribution in [-0.2, 0) is 0 Å². The van der Waals surface area contributed by atoms with Gasteiger partial charge in [-0.15, -0.1) is 0 Å². The summed E-state index contributed by atoms with van der Waals surface area (Å²) in [7, 11) is 0. The summed E-state index contributed by atoms with van der Waals surface area (Å²) in [6.45, 7) is 2.62. The first kappa shape index (κ1) is 20.9. The average Bonchev–Trinajstić information content (AvgIpc) is 3.27. The lowest BCUT2D eigenvalue weighted by atomic mass is 10.0. The summed E-state index contributed by atoms with van der Waals surface area (Å²) in [4.78, 5) is 15.2. The van der Waals surface area contributed by atoms with Crippen LogP contribution in [-0.4, -0.2) is 43.3 Å². The Kier molecular flexibility index (Phi) is 6.50. The molecule has 0 saturated carbocycles. The highest BCUT2D eigenvalue weighted by Gasteiger charge is 2.22. The lowest BCUT2D eigenvalue weighted by Crippen LogP contribution is -2.34. The fourth-order valence-corrected chi connectivity index (χ4v) is 3.98. The lowest BCUT2D eigenvalue weighted by molar-refractivity contribution is 0.102. The summed E-state index contributed by atoms with van der Waals surface area (Å²) < 4.78 is 0. The van der Waals surface area contributed by atoms with Crippen molar-refractivity contribution in [1.29, 1.82) is 0 Å². The molecule has 3 aromatic rings. The lowest BCUT2D eigenvalue weighted by Gasteiger charge is -2.19. The summed E-state index contributed by atoms with van der Waals surface area (Å²) in [6, 6.07) is 23.5. The van der Waals surface area contributed by atoms with Gasteiger partial charge in [-0.1, -0.05) is 36.4 Å². The van der Waals surface area contributed by atoms with Crippen LogP contribution < -0.4 is 21.3 Å². The van der Waals surface area contributed by atoms with E-state index in [0.29, 0.717) is 29.5 Å². The number of carbonyl (C=O) groups excluding carboxylic acids is 1. The molecule has 1 aliphatic rings. The Balaban J connectivity index is 1.46. The number of nitrogens with zero attached hydrogens (tertiary/aromatic N) is 1. The maximum absolute atomic E-state index is 12.9. The van der Waals surface area contributed by atoms with E-state index in [4.69, 9.17) is 10.8 Å². The Morgan fingerprint density at radius 1 is 1.06 bits per heavy atom. The molecule has 1 amide bonds. The standard InChI is InChI=1S/C25H28N4O2/c26-20-8-11-23(18-4-2-1-3-5-18)24(16-20)28-25(31)19-6-9-22(10-7-19)29-14-12-21(17-29)27-13-15-30/h1-11,16,21,27,30H,12-15,17,26H2,(H,28,31). The van der Waals surface area contributed by atoms with Crippen molar-refractivity contribution in [2.45, 2.75) is 12.5 Å². The molecular formula is C25H28N4O2. The number of amides is 1. The highest BCUT2D eigenvalue weighted by Crippen LogP contribution is 2.30. The van der Waals surface area contributed by atoms with Gasteiger partial charge in [0.2, 0.25) is 0 Å². The van der Waals surface area contributed by atoms with E-state index in [9.17, 15) is 4.79 Å². The number of nitrogens with two attached hydrogens (primary N) is 1. The van der Waals surface area contributed by atoms with Crippen molar-refractivity contribution in [1.82, 2.24) is 5.32 Å². The largest absolute Gasteiger partial charge is 0.399 e. The van der Waals surface area contributed by atoms with Crippen LogP contribution in [0.5, 0.6) is 0 Å². The van der Waals surface area contributed by atoms with Gasteiger partial charge in [0.05, 0.1) is 12.3 Å². The van der Waals surface area contributed by atoms with Gasteiger partial charge in [0.25, 0.3) is 5.91 Å². The van der Waals surface area contributed by atoms with Crippen molar-refractivity contribution < 1.29 is 9.90 Å². The number of hydrogen-bond donors (Lipinski definition) is 4. The van der Waals surface area contributed by atoms with Crippen LogP contribution in [0.15, 0.2) is 72.8 Å². The molecule has 1 fully saturated rings. The molecule has 3 aromatic carbocycles. The minimum atomic E-state index is -0.168. The van der Waals surface area contributed by atoms with Crippen LogP contribution in [0, 0.1) is 0 Å². The maximum atomic E-state index is 12.9.